The van der Waals surface area contributed by atoms with Crippen LogP contribution in [0.15, 0.2) is 0 Å². The lowest BCUT2D eigenvalue weighted by Gasteiger charge is -1.83. The van der Waals surface area contributed by atoms with Crippen LogP contribution in [0.3, 0.4) is 0 Å². The van der Waals surface area contributed by atoms with Crippen molar-refractivity contribution in [3.05, 3.63) is 0 Å². The Hall–Kier alpha value is 0.0300. The van der Waals surface area contributed by atoms with Gasteiger partial charge in [-0.3, -0.25) is 0 Å². The van der Waals surface area contributed by atoms with Crippen LogP contribution in [0.1, 0.15) is 0 Å². The molecular formula is CH4O4S. The molecule has 0 aromatic carbocycles. The monoisotopic (exact) mass is 112 g/mol. The summed E-state index contributed by atoms with van der Waals surface area (Å²) in [5.74, 6) is 0. The van der Waals surface area contributed by atoms with Gasteiger partial charge >= 0.3 is 0 Å². The second-order valence-electron chi connectivity index (χ2n) is 0.544. The summed E-state index contributed by atoms with van der Waals surface area (Å²) in [6, 6.07) is 0. The van der Waals surface area contributed by atoms with Gasteiger partial charge < -0.3 is 0 Å². The van der Waals surface area contributed by atoms with Gasteiger partial charge in [-0.2, -0.15) is 0 Å². The van der Waals surface area contributed by atoms with E-state index in [0.717, 1.165) is 0 Å². The molecule has 1 N–H and O–H groups in total. The van der Waals surface area contributed by atoms with Crippen molar-refractivity contribution >= 4 is 11.1 Å². The van der Waals surface area contributed by atoms with Crippen molar-refractivity contribution in [2.45, 2.75) is 0 Å². The lowest BCUT2D eigenvalue weighted by atomic mass is 12.0. The van der Waals surface area contributed by atoms with E-state index in [9.17, 15) is 4.21 Å². The summed E-state index contributed by atoms with van der Waals surface area (Å²) in [6.45, 7) is 0. The molecule has 0 saturated carbocycles. The summed E-state index contributed by atoms with van der Waals surface area (Å²) in [7, 11) is 0. The Morgan fingerprint density at radius 3 is 2.33 bits per heavy atom. The Labute approximate surface area is 37.2 Å². The van der Waals surface area contributed by atoms with Gasteiger partial charge in [0.05, 0.1) is 0 Å². The van der Waals surface area contributed by atoms with Crippen molar-refractivity contribution in [1.29, 1.82) is 0 Å². The predicted octanol–water partition coefficient (Wildman–Crippen LogP) is -0.299. The molecule has 0 spiro atoms. The molecule has 0 aliphatic carbocycles. The van der Waals surface area contributed by atoms with Gasteiger partial charge in [-0.15, -0.1) is 4.33 Å². The summed E-state index contributed by atoms with van der Waals surface area (Å²) in [5, 5.41) is 10.3. The fraction of sp³-hybridized carbons (Fsp3) is 1.00. The van der Waals surface area contributed by atoms with E-state index in [1.54, 1.807) is 0 Å². The third-order valence-corrected chi connectivity index (χ3v) is 0.379. The maximum atomic E-state index is 9.65. The first-order valence-electron chi connectivity index (χ1n) is 1.09. The van der Waals surface area contributed by atoms with Gasteiger partial charge in [0.2, 0.25) is 0 Å². The van der Waals surface area contributed by atoms with Gasteiger partial charge in [0.15, 0.2) is 11.1 Å². The van der Waals surface area contributed by atoms with Crippen LogP contribution in [0.4, 0.5) is 0 Å². The molecule has 0 bridgehead atoms. The van der Waals surface area contributed by atoms with Crippen LogP contribution in [0.5, 0.6) is 0 Å². The lowest BCUT2D eigenvalue weighted by molar-refractivity contribution is -0.434. The molecule has 0 radical (unpaired) electrons. The van der Waals surface area contributed by atoms with Crippen LogP contribution in [0.25, 0.3) is 0 Å². The van der Waals surface area contributed by atoms with Crippen LogP contribution < -0.4 is 0 Å². The number of hydrogen-bond acceptors (Lipinski definition) is 4. The molecule has 0 rings (SSSR count). The molecule has 0 aromatic heterocycles. The second-order valence-corrected chi connectivity index (χ2v) is 1.48. The van der Waals surface area contributed by atoms with Gasteiger partial charge in [0.1, 0.15) is 0 Å². The summed E-state index contributed by atoms with van der Waals surface area (Å²) in [4.78, 5) is 0. The molecular weight excluding hydrogens is 108 g/mol. The van der Waals surface area contributed by atoms with Crippen molar-refractivity contribution in [1.82, 2.24) is 0 Å². The topological polar surface area (TPSA) is 55.8 Å². The molecule has 5 heteroatoms. The Bertz CT molecular complexity index is 51.5. The first-order valence-corrected chi connectivity index (χ1v) is 2.57. The van der Waals surface area contributed by atoms with Crippen LogP contribution >= 0.6 is 0 Å². The third kappa shape index (κ3) is 4.03. The van der Waals surface area contributed by atoms with Gasteiger partial charge in [-0.25, -0.2) is 9.47 Å². The summed E-state index contributed by atoms with van der Waals surface area (Å²) in [5.41, 5.74) is 0. The fourth-order valence-electron chi connectivity index (χ4n) is 0.0429. The van der Waals surface area contributed by atoms with Crippen molar-refractivity contribution in [3.63, 3.8) is 0 Å². The van der Waals surface area contributed by atoms with Crippen LogP contribution in [-0.4, -0.2) is 15.7 Å². The van der Waals surface area contributed by atoms with Gasteiger partial charge in [0.25, 0.3) is 0 Å². The minimum atomic E-state index is -1.54. The maximum absolute atomic E-state index is 9.65. The highest BCUT2D eigenvalue weighted by Crippen LogP contribution is 1.73. The SMILES string of the molecule is CS(=O)OOO. The highest BCUT2D eigenvalue weighted by atomic mass is 32.2. The van der Waals surface area contributed by atoms with E-state index in [-0.39, 0.29) is 0 Å². The minimum Gasteiger partial charge on any atom is -0.227 e. The molecule has 6 heavy (non-hydrogen) atoms. The van der Waals surface area contributed by atoms with Crippen molar-refractivity contribution in [2.75, 3.05) is 6.26 Å². The quantitative estimate of drug-likeness (QED) is 0.393. The van der Waals surface area contributed by atoms with E-state index in [4.69, 9.17) is 5.26 Å². The van der Waals surface area contributed by atoms with Crippen LogP contribution in [0, 0.1) is 0 Å². The largest absolute Gasteiger partial charge is 0.227 e. The molecule has 0 aromatic rings. The molecule has 0 amide bonds. The lowest BCUT2D eigenvalue weighted by Crippen LogP contribution is -1.90. The molecule has 0 aliphatic heterocycles. The van der Waals surface area contributed by atoms with E-state index < -0.39 is 11.1 Å². The van der Waals surface area contributed by atoms with E-state index in [2.05, 4.69) is 9.37 Å². The summed E-state index contributed by atoms with van der Waals surface area (Å²) < 4.78 is 13.2. The Morgan fingerprint density at radius 1 is 1.83 bits per heavy atom. The van der Waals surface area contributed by atoms with Crippen molar-refractivity contribution in [3.8, 4) is 0 Å². The average molecular weight is 112 g/mol. The number of rotatable bonds is 2. The average Bonchev–Trinajstić information content (AvgIpc) is 1.35. The first-order chi connectivity index (χ1) is 2.77. The smallest absolute Gasteiger partial charge is 0.187 e. The van der Waals surface area contributed by atoms with Crippen molar-refractivity contribution < 1.29 is 18.8 Å². The molecule has 0 saturated heterocycles. The normalized spacial score (nSPS) is 14.3. The highest BCUT2D eigenvalue weighted by Gasteiger charge is 1.82. The zero-order valence-electron chi connectivity index (χ0n) is 3.08. The zero-order valence-corrected chi connectivity index (χ0v) is 3.90. The Kier molecular flexibility index (Phi) is 3.24. The molecule has 1 atom stereocenters. The molecule has 0 aliphatic rings. The molecule has 4 nitrogen and oxygen atoms in total. The Balaban J connectivity index is 2.83. The highest BCUT2D eigenvalue weighted by molar-refractivity contribution is 7.79. The summed E-state index contributed by atoms with van der Waals surface area (Å²) >= 11 is -1.54. The third-order valence-electron chi connectivity index (χ3n) is 0.126. The van der Waals surface area contributed by atoms with Gasteiger partial charge in [-0.05, 0) is 0 Å². The fourth-order valence-corrected chi connectivity index (χ4v) is 0.129. The maximum Gasteiger partial charge on any atom is 0.187 e. The molecule has 0 heterocycles. The van der Waals surface area contributed by atoms with E-state index >= 15 is 0 Å². The molecule has 1 unspecified atom stereocenters. The minimum absolute atomic E-state index is 1.22. The van der Waals surface area contributed by atoms with Gasteiger partial charge in [-0.1, -0.05) is 5.04 Å². The van der Waals surface area contributed by atoms with Crippen molar-refractivity contribution in [2.24, 2.45) is 0 Å². The van der Waals surface area contributed by atoms with E-state index in [1.165, 1.54) is 6.26 Å². The van der Waals surface area contributed by atoms with Gasteiger partial charge in [0, 0.05) is 6.26 Å². The van der Waals surface area contributed by atoms with Crippen LogP contribution in [-0.2, 0) is 20.5 Å². The van der Waals surface area contributed by atoms with E-state index in [1.807, 2.05) is 0 Å². The predicted molar refractivity (Wildman–Crippen MR) is 18.9 cm³/mol. The molecule has 0 fully saturated rings. The van der Waals surface area contributed by atoms with E-state index in [0.29, 0.717) is 0 Å². The summed E-state index contributed by atoms with van der Waals surface area (Å²) in [6.07, 6.45) is 1.22. The zero-order chi connectivity index (χ0) is 4.99. The number of hydrogen-bond donors (Lipinski definition) is 1. The standard InChI is InChI=1S/CH4O4S/c1-6(3)5-4-2/h2H,1H3. The molecule has 38 valence electrons. The Morgan fingerprint density at radius 2 is 2.33 bits per heavy atom. The van der Waals surface area contributed by atoms with Crippen LogP contribution in [0.2, 0.25) is 0 Å². The second kappa shape index (κ2) is 3.23. The first kappa shape index (κ1) is 6.03.